The van der Waals surface area contributed by atoms with Gasteiger partial charge in [0.15, 0.2) is 19.0 Å². The van der Waals surface area contributed by atoms with Gasteiger partial charge in [-0.2, -0.15) is 0 Å². The summed E-state index contributed by atoms with van der Waals surface area (Å²) in [5.74, 6) is 0. The molecule has 1 aromatic carbocycles. The van der Waals surface area contributed by atoms with E-state index in [0.29, 0.717) is 6.16 Å². The summed E-state index contributed by atoms with van der Waals surface area (Å²) in [5, 5.41) is 28.4. The van der Waals surface area contributed by atoms with Gasteiger partial charge in [0, 0.05) is 0 Å². The lowest BCUT2D eigenvalue weighted by molar-refractivity contribution is 0.311. The van der Waals surface area contributed by atoms with Crippen molar-refractivity contribution in [1.82, 2.24) is 0 Å². The normalized spacial score (nSPS) is 11.8. The molecule has 0 fully saturated rings. The summed E-state index contributed by atoms with van der Waals surface area (Å²) in [6, 6.07) is 8.48. The van der Waals surface area contributed by atoms with Crippen LogP contribution in [0.2, 0.25) is 0 Å². The Kier molecular flexibility index (Phi) is 13.2. The molecule has 1 rings (SSSR count). The number of hydrogen-bond acceptors (Lipinski definition) is 3. The molecule has 0 unspecified atom stereocenters. The Morgan fingerprint density at radius 1 is 0.615 bits per heavy atom. The van der Waals surface area contributed by atoms with Gasteiger partial charge in [-0.1, -0.05) is 89.0 Å². The smallest absolute Gasteiger partial charge is 0.159 e. The van der Waals surface area contributed by atoms with E-state index in [2.05, 4.69) is 31.2 Å². The van der Waals surface area contributed by atoms with E-state index in [9.17, 15) is 15.3 Å². The second kappa shape index (κ2) is 14.6. The van der Waals surface area contributed by atoms with Crippen LogP contribution in [0.4, 0.5) is 0 Å². The van der Waals surface area contributed by atoms with Gasteiger partial charge < -0.3 is 15.3 Å². The van der Waals surface area contributed by atoms with Crippen LogP contribution in [0.1, 0.15) is 82.3 Å². The van der Waals surface area contributed by atoms with Crippen LogP contribution in [0.25, 0.3) is 0 Å². The zero-order valence-electron chi connectivity index (χ0n) is 16.7. The highest BCUT2D eigenvalue weighted by Gasteiger charge is 2.35. The lowest BCUT2D eigenvalue weighted by atomic mass is 10.0. The summed E-state index contributed by atoms with van der Waals surface area (Å²) in [6.07, 6.45) is 15.0. The summed E-state index contributed by atoms with van der Waals surface area (Å²) >= 11 is 0. The molecule has 150 valence electrons. The summed E-state index contributed by atoms with van der Waals surface area (Å²) in [4.78, 5) is 0. The van der Waals surface area contributed by atoms with Crippen molar-refractivity contribution in [2.24, 2.45) is 0 Å². The first-order chi connectivity index (χ1) is 12.7. The molecule has 0 aliphatic heterocycles. The van der Waals surface area contributed by atoms with Gasteiger partial charge >= 0.3 is 0 Å². The van der Waals surface area contributed by atoms with Crippen LogP contribution >= 0.6 is 7.26 Å². The molecule has 0 spiro atoms. The molecular formula is C22H40O3P+. The van der Waals surface area contributed by atoms with E-state index >= 15 is 0 Å². The topological polar surface area (TPSA) is 60.7 Å². The van der Waals surface area contributed by atoms with E-state index in [0.717, 1.165) is 12.0 Å². The quantitative estimate of drug-likeness (QED) is 0.260. The number of aryl methyl sites for hydroxylation is 1. The lowest BCUT2D eigenvalue weighted by Crippen LogP contribution is -2.10. The summed E-state index contributed by atoms with van der Waals surface area (Å²) < 4.78 is 0. The SMILES string of the molecule is CCCCCCCCCCCCc1ccc(C[P+](CO)(CO)CO)cc1. The lowest BCUT2D eigenvalue weighted by Gasteiger charge is -2.20. The third kappa shape index (κ3) is 9.46. The zero-order chi connectivity index (χ0) is 19.1. The molecule has 0 radical (unpaired) electrons. The predicted octanol–water partition coefficient (Wildman–Crippen LogP) is 5.52. The minimum Gasteiger partial charge on any atom is -0.362 e. The van der Waals surface area contributed by atoms with Crippen molar-refractivity contribution >= 4 is 7.26 Å². The largest absolute Gasteiger partial charge is 0.362 e. The molecule has 0 saturated heterocycles. The average Bonchev–Trinajstić information content (AvgIpc) is 2.69. The third-order valence-corrected chi connectivity index (χ3v) is 8.10. The Labute approximate surface area is 161 Å². The molecule has 0 amide bonds. The second-order valence-corrected chi connectivity index (χ2v) is 11.5. The second-order valence-electron chi connectivity index (χ2n) is 7.67. The van der Waals surface area contributed by atoms with Gasteiger partial charge in [0.25, 0.3) is 0 Å². The monoisotopic (exact) mass is 383 g/mol. The van der Waals surface area contributed by atoms with Crippen molar-refractivity contribution in [1.29, 1.82) is 0 Å². The van der Waals surface area contributed by atoms with E-state index in [-0.39, 0.29) is 19.0 Å². The maximum Gasteiger partial charge on any atom is 0.159 e. The van der Waals surface area contributed by atoms with Crippen molar-refractivity contribution < 1.29 is 15.3 Å². The number of aliphatic hydroxyl groups excluding tert-OH is 3. The van der Waals surface area contributed by atoms with Gasteiger partial charge in [-0.05, 0) is 24.0 Å². The van der Waals surface area contributed by atoms with Gasteiger partial charge in [0.2, 0.25) is 0 Å². The zero-order valence-corrected chi connectivity index (χ0v) is 17.6. The average molecular weight is 384 g/mol. The van der Waals surface area contributed by atoms with E-state index in [1.165, 1.54) is 69.8 Å². The van der Waals surface area contributed by atoms with E-state index in [4.69, 9.17) is 0 Å². The minimum atomic E-state index is -2.06. The first kappa shape index (κ1) is 23.6. The van der Waals surface area contributed by atoms with Crippen molar-refractivity contribution in [2.75, 3.05) is 19.0 Å². The Bertz CT molecular complexity index is 435. The molecule has 0 bridgehead atoms. The molecule has 0 heterocycles. The molecule has 0 aromatic heterocycles. The fraction of sp³-hybridized carbons (Fsp3) is 0.727. The fourth-order valence-corrected chi connectivity index (χ4v) is 4.85. The highest BCUT2D eigenvalue weighted by Crippen LogP contribution is 2.58. The van der Waals surface area contributed by atoms with E-state index < -0.39 is 7.26 Å². The van der Waals surface area contributed by atoms with Gasteiger partial charge in [-0.25, -0.2) is 0 Å². The van der Waals surface area contributed by atoms with Gasteiger partial charge in [0.05, 0.1) is 13.4 Å². The van der Waals surface area contributed by atoms with Crippen LogP contribution in [0.5, 0.6) is 0 Å². The highest BCUT2D eigenvalue weighted by atomic mass is 31.2. The molecule has 0 aliphatic rings. The maximum absolute atomic E-state index is 9.48. The van der Waals surface area contributed by atoms with Crippen LogP contribution in [-0.4, -0.2) is 34.4 Å². The molecule has 1 aromatic rings. The molecule has 26 heavy (non-hydrogen) atoms. The summed E-state index contributed by atoms with van der Waals surface area (Å²) in [7, 11) is -2.06. The molecule has 0 atom stereocenters. The molecule has 4 heteroatoms. The predicted molar refractivity (Wildman–Crippen MR) is 114 cm³/mol. The molecule has 0 aliphatic carbocycles. The van der Waals surface area contributed by atoms with Gasteiger partial charge in [0.1, 0.15) is 0 Å². The van der Waals surface area contributed by atoms with Gasteiger partial charge in [-0.15, -0.1) is 0 Å². The summed E-state index contributed by atoms with van der Waals surface area (Å²) in [6.45, 7) is 2.27. The van der Waals surface area contributed by atoms with E-state index in [1.807, 2.05) is 0 Å². The molecule has 3 N–H and O–H groups in total. The minimum absolute atomic E-state index is 0.0969. The molecular weight excluding hydrogens is 343 g/mol. The Morgan fingerprint density at radius 2 is 1.04 bits per heavy atom. The van der Waals surface area contributed by atoms with Crippen molar-refractivity contribution in [3.05, 3.63) is 35.4 Å². The number of aliphatic hydroxyl groups is 3. The number of unbranched alkanes of at least 4 members (excludes halogenated alkanes) is 9. The van der Waals surface area contributed by atoms with Crippen LogP contribution in [0.3, 0.4) is 0 Å². The molecule has 0 saturated carbocycles. The molecule has 3 nitrogen and oxygen atoms in total. The number of hydrogen-bond donors (Lipinski definition) is 3. The Hall–Kier alpha value is -0.470. The maximum atomic E-state index is 9.48. The van der Waals surface area contributed by atoms with Gasteiger partial charge in [-0.3, -0.25) is 0 Å². The van der Waals surface area contributed by atoms with Crippen LogP contribution < -0.4 is 0 Å². The Balaban J connectivity index is 2.17. The highest BCUT2D eigenvalue weighted by molar-refractivity contribution is 7.74. The van der Waals surface area contributed by atoms with Crippen molar-refractivity contribution in [3.8, 4) is 0 Å². The van der Waals surface area contributed by atoms with Crippen LogP contribution in [0, 0.1) is 0 Å². The first-order valence-electron chi connectivity index (χ1n) is 10.4. The fourth-order valence-electron chi connectivity index (χ4n) is 3.30. The summed E-state index contributed by atoms with van der Waals surface area (Å²) in [5.41, 5.74) is 2.46. The standard InChI is InChI=1S/C22H40O3P/c1-2-3-4-5-6-7-8-9-10-11-12-21-13-15-22(16-14-21)17-26(18-23,19-24)20-25/h13-16,23-25H,2-12,17-20H2,1H3/q+1. The Morgan fingerprint density at radius 3 is 1.50 bits per heavy atom. The first-order valence-corrected chi connectivity index (χ1v) is 13.0. The van der Waals surface area contributed by atoms with Crippen LogP contribution in [-0.2, 0) is 12.6 Å². The van der Waals surface area contributed by atoms with E-state index in [1.54, 1.807) is 0 Å². The number of rotatable bonds is 16. The van der Waals surface area contributed by atoms with Crippen molar-refractivity contribution in [2.45, 2.75) is 83.7 Å². The van der Waals surface area contributed by atoms with Crippen LogP contribution in [0.15, 0.2) is 24.3 Å². The third-order valence-electron chi connectivity index (χ3n) is 5.26. The van der Waals surface area contributed by atoms with Crippen molar-refractivity contribution in [3.63, 3.8) is 0 Å². The number of benzene rings is 1.